The predicted octanol–water partition coefficient (Wildman–Crippen LogP) is 6.54. The van der Waals surface area contributed by atoms with Gasteiger partial charge in [-0.25, -0.2) is 0 Å². The van der Waals surface area contributed by atoms with Crippen LogP contribution in [0.25, 0.3) is 16.7 Å². The minimum Gasteiger partial charge on any atom is -1.00 e. The van der Waals surface area contributed by atoms with Crippen molar-refractivity contribution in [1.29, 1.82) is 0 Å². The number of halogens is 2. The first-order valence-electron chi connectivity index (χ1n) is 17.7. The molecule has 50 heavy (non-hydrogen) atoms. The molecule has 0 aromatic heterocycles. The van der Waals surface area contributed by atoms with E-state index in [1.54, 1.807) is 12.1 Å². The largest absolute Gasteiger partial charge is 1.00 e. The normalized spacial score (nSPS) is 13.8. The summed E-state index contributed by atoms with van der Waals surface area (Å²) in [5, 5.41) is 0. The third-order valence-electron chi connectivity index (χ3n) is 9.85. The maximum atomic E-state index is 4.74. The van der Waals surface area contributed by atoms with Crippen LogP contribution in [-0.2, 0) is 40.0 Å². The average Bonchev–Trinajstić information content (AvgIpc) is 3.58. The molecule has 2 aliphatic rings. The van der Waals surface area contributed by atoms with Crippen molar-refractivity contribution < 1.29 is 47.6 Å². The molecule has 4 aromatic carbocycles. The Morgan fingerprint density at radius 1 is 0.700 bits per heavy atom. The smallest absolute Gasteiger partial charge is 1.00 e. The van der Waals surface area contributed by atoms with Crippen LogP contribution in [0.15, 0.2) is 118 Å². The Bertz CT molecular complexity index is 1920. The summed E-state index contributed by atoms with van der Waals surface area (Å²) in [7, 11) is -1.30. The van der Waals surface area contributed by atoms with Gasteiger partial charge in [-0.1, -0.05) is 0 Å². The van der Waals surface area contributed by atoms with Crippen LogP contribution in [0, 0.1) is 0 Å². The molecule has 0 fully saturated rings. The van der Waals surface area contributed by atoms with Crippen LogP contribution in [0.2, 0.25) is 25.7 Å². The van der Waals surface area contributed by atoms with E-state index < -0.39 is 30.8 Å². The van der Waals surface area contributed by atoms with Gasteiger partial charge in [0.25, 0.3) is 0 Å². The fraction of sp³-hybridized carbons (Fsp3) is 0.326. The van der Waals surface area contributed by atoms with E-state index in [4.69, 9.17) is 6.58 Å². The molecule has 0 radical (unpaired) electrons. The fourth-order valence-corrected chi connectivity index (χ4v) is 12.7. The van der Waals surface area contributed by atoms with Crippen LogP contribution in [0.1, 0.15) is 93.3 Å². The summed E-state index contributed by atoms with van der Waals surface area (Å²) in [6.07, 6.45) is 5.68. The van der Waals surface area contributed by atoms with Gasteiger partial charge in [0, 0.05) is 0 Å². The van der Waals surface area contributed by atoms with Gasteiger partial charge in [-0.15, -0.1) is 0 Å². The average molecular weight is 796 g/mol. The summed E-state index contributed by atoms with van der Waals surface area (Å²) in [5.41, 5.74) is 17.6. The van der Waals surface area contributed by atoms with Crippen LogP contribution in [0.4, 0.5) is 0 Å². The van der Waals surface area contributed by atoms with Crippen molar-refractivity contribution in [1.82, 2.24) is 0 Å². The molecular formula is C46H53Cl2SiZr. The van der Waals surface area contributed by atoms with Gasteiger partial charge in [-0.05, 0) is 0 Å². The number of allylic oxidation sites excluding steroid dienone is 5. The molecule has 0 amide bonds. The number of benzene rings is 4. The molecule has 0 saturated heterocycles. The second kappa shape index (κ2) is 15.7. The number of hydrogen-bond acceptors (Lipinski definition) is 0. The molecule has 6 rings (SSSR count). The minimum absolute atomic E-state index is 0. The molecule has 0 aliphatic heterocycles. The molecule has 0 nitrogen and oxygen atoms in total. The summed E-state index contributed by atoms with van der Waals surface area (Å²) >= 11 is -1.16. The number of hydrogen-bond donors (Lipinski definition) is 0. The van der Waals surface area contributed by atoms with Gasteiger partial charge in [0.05, 0.1) is 0 Å². The standard InChI is InChI=1S/C33H43Si.C13H10.2ClH.Zr/c1-22(21-34(8,9)10)16-23-12-11-13-27(23)30-19-26(33(5,6)7)20-31-28-18-25(32(2,3)4)15-14-24(28)17-29(30)31;1-3-7-12(8-4-1)11-13-9-5-2-6-10-13;;;/h13-15,18-20H,1,11,16-17,21H2,2-10H3;1-10H;2*1H;/q;;;;+2/p-2. The van der Waals surface area contributed by atoms with E-state index in [0.717, 1.165) is 19.3 Å². The monoisotopic (exact) mass is 793 g/mol. The van der Waals surface area contributed by atoms with Gasteiger partial charge in [0.2, 0.25) is 0 Å². The molecule has 0 unspecified atom stereocenters. The Labute approximate surface area is 327 Å². The second-order valence-electron chi connectivity index (χ2n) is 17.3. The topological polar surface area (TPSA) is 0 Å². The van der Waals surface area contributed by atoms with Crippen LogP contribution < -0.4 is 24.8 Å². The van der Waals surface area contributed by atoms with Crippen molar-refractivity contribution >= 4 is 16.9 Å². The molecule has 4 heteroatoms. The summed E-state index contributed by atoms with van der Waals surface area (Å²) in [6, 6.07) is 35.9. The number of rotatable bonds is 8. The van der Waals surface area contributed by atoms with Crippen molar-refractivity contribution in [3.63, 3.8) is 0 Å². The molecule has 0 bridgehead atoms. The predicted molar refractivity (Wildman–Crippen MR) is 210 cm³/mol. The van der Waals surface area contributed by atoms with Crippen LogP contribution in [-0.4, -0.2) is 11.3 Å². The van der Waals surface area contributed by atoms with Gasteiger partial charge in [-0.2, -0.15) is 0 Å². The van der Waals surface area contributed by atoms with E-state index in [-0.39, 0.29) is 35.6 Å². The molecule has 0 atom stereocenters. The second-order valence-corrected chi connectivity index (χ2v) is 26.1. The van der Waals surface area contributed by atoms with Crippen molar-refractivity contribution in [3.05, 3.63) is 157 Å². The molecule has 4 aromatic rings. The van der Waals surface area contributed by atoms with Crippen LogP contribution in [0.3, 0.4) is 0 Å². The Balaban J connectivity index is 0.00000281. The Kier molecular flexibility index (Phi) is 12.7. The van der Waals surface area contributed by atoms with Crippen molar-refractivity contribution in [2.75, 3.05) is 0 Å². The minimum atomic E-state index is -1.30. The first-order valence-corrected chi connectivity index (χ1v) is 23.9. The molecular weight excluding hydrogens is 743 g/mol. The van der Waals surface area contributed by atoms with E-state index in [1.807, 2.05) is 0 Å². The maximum Gasteiger partial charge on any atom is -1.00 e. The van der Waals surface area contributed by atoms with E-state index in [0.29, 0.717) is 0 Å². The van der Waals surface area contributed by atoms with E-state index >= 15 is 0 Å². The van der Waals surface area contributed by atoms with Gasteiger partial charge in [-0.3, -0.25) is 0 Å². The van der Waals surface area contributed by atoms with Crippen LogP contribution >= 0.6 is 0 Å². The zero-order valence-electron chi connectivity index (χ0n) is 31.5. The summed E-state index contributed by atoms with van der Waals surface area (Å²) in [6.45, 7) is 26.3. The Morgan fingerprint density at radius 2 is 1.24 bits per heavy atom. The quantitative estimate of drug-likeness (QED) is 0.124. The third kappa shape index (κ3) is 8.98. The van der Waals surface area contributed by atoms with E-state index in [2.05, 4.69) is 158 Å². The van der Waals surface area contributed by atoms with E-state index in [9.17, 15) is 0 Å². The Morgan fingerprint density at radius 3 is 1.78 bits per heavy atom. The van der Waals surface area contributed by atoms with Gasteiger partial charge >= 0.3 is 305 Å². The SMILES string of the molecule is C=C(CC1=[C]([Zr+2]=[C](c2ccccc2)c2ccccc2)CC=C1c1cc(C(C)(C)C)cc2c1Cc1ccc(C(C)(C)C)cc1-2)C[Si](C)(C)C.[Cl-].[Cl-]. The van der Waals surface area contributed by atoms with Crippen molar-refractivity contribution in [3.8, 4) is 11.1 Å². The summed E-state index contributed by atoms with van der Waals surface area (Å²) in [5.74, 6) is 0. The van der Waals surface area contributed by atoms with Gasteiger partial charge in [0.1, 0.15) is 0 Å². The summed E-state index contributed by atoms with van der Waals surface area (Å²) < 4.78 is 3.29. The first kappa shape index (κ1) is 40.4. The third-order valence-corrected chi connectivity index (χ3v) is 15.4. The molecule has 0 spiro atoms. The van der Waals surface area contributed by atoms with Crippen LogP contribution in [0.5, 0.6) is 0 Å². The van der Waals surface area contributed by atoms with Gasteiger partial charge < -0.3 is 24.8 Å². The molecule has 0 N–H and O–H groups in total. The zero-order valence-corrected chi connectivity index (χ0v) is 36.5. The summed E-state index contributed by atoms with van der Waals surface area (Å²) in [4.78, 5) is 0. The van der Waals surface area contributed by atoms with Gasteiger partial charge in [0.15, 0.2) is 0 Å². The van der Waals surface area contributed by atoms with E-state index in [1.165, 1.54) is 67.3 Å². The zero-order chi connectivity index (χ0) is 34.4. The van der Waals surface area contributed by atoms with Crippen molar-refractivity contribution in [2.24, 2.45) is 0 Å². The molecule has 2 aliphatic carbocycles. The Hall–Kier alpha value is -2.35. The molecule has 259 valence electrons. The molecule has 0 heterocycles. The maximum absolute atomic E-state index is 4.74. The fourth-order valence-electron chi connectivity index (χ4n) is 7.36. The van der Waals surface area contributed by atoms with Crippen molar-refractivity contribution in [2.45, 2.75) is 97.3 Å². The first-order chi connectivity index (χ1) is 22.6. The number of fused-ring (bicyclic) bond motifs is 3. The molecule has 0 saturated carbocycles.